The van der Waals surface area contributed by atoms with Gasteiger partial charge >= 0.3 is 0 Å². The van der Waals surface area contributed by atoms with Gasteiger partial charge in [0.2, 0.25) is 5.91 Å². The van der Waals surface area contributed by atoms with Gasteiger partial charge in [-0.25, -0.2) is 0 Å². The molecule has 0 spiro atoms. The number of Topliss-reactive ketones (excluding diaryl/α,β-unsaturated/α-hetero) is 1. The first kappa shape index (κ1) is 17.6. The highest BCUT2D eigenvalue weighted by Crippen LogP contribution is 2.33. The van der Waals surface area contributed by atoms with E-state index in [9.17, 15) is 14.4 Å². The van der Waals surface area contributed by atoms with E-state index in [-0.39, 0.29) is 37.2 Å². The predicted molar refractivity (Wildman–Crippen MR) is 95.0 cm³/mol. The van der Waals surface area contributed by atoms with E-state index in [2.05, 4.69) is 10.3 Å². The van der Waals surface area contributed by atoms with Gasteiger partial charge in [0.25, 0.3) is 5.91 Å². The van der Waals surface area contributed by atoms with E-state index in [1.165, 1.54) is 11.8 Å². The maximum absolute atomic E-state index is 12.2. The highest BCUT2D eigenvalue weighted by atomic mass is 16.5. The van der Waals surface area contributed by atoms with Gasteiger partial charge < -0.3 is 15.0 Å². The molecule has 1 aliphatic rings. The maximum Gasteiger partial charge on any atom is 0.265 e. The summed E-state index contributed by atoms with van der Waals surface area (Å²) < 4.78 is 5.40. The third-order valence-corrected chi connectivity index (χ3v) is 4.08. The number of carbonyl (C=O) groups excluding carboxylic acids is 3. The van der Waals surface area contributed by atoms with Gasteiger partial charge in [-0.3, -0.25) is 19.4 Å². The van der Waals surface area contributed by atoms with Crippen molar-refractivity contribution in [1.29, 1.82) is 0 Å². The highest BCUT2D eigenvalue weighted by molar-refractivity contribution is 6.01. The number of pyridine rings is 1. The number of aromatic nitrogens is 1. The fourth-order valence-corrected chi connectivity index (χ4v) is 2.67. The van der Waals surface area contributed by atoms with E-state index in [1.54, 1.807) is 36.7 Å². The van der Waals surface area contributed by atoms with Crippen LogP contribution < -0.4 is 15.0 Å². The SMILES string of the molecule is CC(=O)c1ccc2c(c1)N(CCC(=O)NCc1cccnc1)C(=O)CO2. The summed E-state index contributed by atoms with van der Waals surface area (Å²) in [6, 6.07) is 8.64. The van der Waals surface area contributed by atoms with E-state index in [0.29, 0.717) is 23.5 Å². The predicted octanol–water partition coefficient (Wildman–Crippen LogP) is 1.72. The Kier molecular flexibility index (Phi) is 5.26. The van der Waals surface area contributed by atoms with Crippen molar-refractivity contribution < 1.29 is 19.1 Å². The zero-order valence-electron chi connectivity index (χ0n) is 14.4. The number of amides is 2. The van der Waals surface area contributed by atoms with Gasteiger partial charge in [0.1, 0.15) is 5.75 Å². The largest absolute Gasteiger partial charge is 0.482 e. The molecule has 1 N–H and O–H groups in total. The van der Waals surface area contributed by atoms with Crippen molar-refractivity contribution >= 4 is 23.3 Å². The standard InChI is InChI=1S/C19H19N3O4/c1-13(23)15-4-5-17-16(9-15)22(19(25)12-26-17)8-6-18(24)21-11-14-3-2-7-20-10-14/h2-5,7,9-10H,6,8,11-12H2,1H3,(H,21,24). The number of carbonyl (C=O) groups is 3. The second kappa shape index (κ2) is 7.77. The number of hydrogen-bond donors (Lipinski definition) is 1. The lowest BCUT2D eigenvalue weighted by Gasteiger charge is -2.29. The lowest BCUT2D eigenvalue weighted by Crippen LogP contribution is -2.41. The summed E-state index contributed by atoms with van der Waals surface area (Å²) in [6.45, 7) is 1.98. The summed E-state index contributed by atoms with van der Waals surface area (Å²) in [4.78, 5) is 41.4. The first-order valence-corrected chi connectivity index (χ1v) is 8.28. The van der Waals surface area contributed by atoms with Gasteiger partial charge in [0.05, 0.1) is 5.69 Å². The van der Waals surface area contributed by atoms with E-state index in [0.717, 1.165) is 5.56 Å². The fourth-order valence-electron chi connectivity index (χ4n) is 2.67. The molecule has 0 unspecified atom stereocenters. The summed E-state index contributed by atoms with van der Waals surface area (Å²) in [5.74, 6) is 0.0287. The maximum atomic E-state index is 12.2. The molecule has 3 rings (SSSR count). The van der Waals surface area contributed by atoms with Crippen LogP contribution in [0, 0.1) is 0 Å². The van der Waals surface area contributed by atoms with Crippen molar-refractivity contribution in [1.82, 2.24) is 10.3 Å². The minimum Gasteiger partial charge on any atom is -0.482 e. The van der Waals surface area contributed by atoms with Crippen molar-refractivity contribution in [2.24, 2.45) is 0 Å². The van der Waals surface area contributed by atoms with E-state index in [4.69, 9.17) is 4.74 Å². The zero-order valence-corrected chi connectivity index (χ0v) is 14.4. The Labute approximate surface area is 151 Å². The molecule has 0 bridgehead atoms. The van der Waals surface area contributed by atoms with Crippen LogP contribution in [-0.2, 0) is 16.1 Å². The lowest BCUT2D eigenvalue weighted by molar-refractivity contribution is -0.122. The molecule has 1 aromatic heterocycles. The molecule has 2 amide bonds. The minimum atomic E-state index is -0.238. The van der Waals surface area contributed by atoms with Crippen LogP contribution in [0.15, 0.2) is 42.7 Å². The van der Waals surface area contributed by atoms with Crippen LogP contribution in [-0.4, -0.2) is 35.7 Å². The van der Waals surface area contributed by atoms with Crippen LogP contribution in [0.25, 0.3) is 0 Å². The summed E-state index contributed by atoms with van der Waals surface area (Å²) in [5.41, 5.74) is 1.92. The third kappa shape index (κ3) is 4.05. The number of rotatable bonds is 6. The van der Waals surface area contributed by atoms with Gasteiger partial charge in [0.15, 0.2) is 12.4 Å². The molecule has 0 atom stereocenters. The van der Waals surface area contributed by atoms with Gasteiger partial charge in [-0.05, 0) is 36.8 Å². The van der Waals surface area contributed by atoms with Crippen molar-refractivity contribution in [3.63, 3.8) is 0 Å². The normalized spacial score (nSPS) is 13.0. The number of nitrogens with zero attached hydrogens (tertiary/aromatic N) is 2. The van der Waals surface area contributed by atoms with Gasteiger partial charge in [-0.1, -0.05) is 6.07 Å². The van der Waals surface area contributed by atoms with Crippen LogP contribution >= 0.6 is 0 Å². The highest BCUT2D eigenvalue weighted by Gasteiger charge is 2.26. The molecule has 7 nitrogen and oxygen atoms in total. The Bertz CT molecular complexity index is 836. The number of fused-ring (bicyclic) bond motifs is 1. The summed E-state index contributed by atoms with van der Waals surface area (Å²) in [6.07, 6.45) is 3.50. The zero-order chi connectivity index (χ0) is 18.5. The molecule has 1 aromatic carbocycles. The number of ketones is 1. The second-order valence-corrected chi connectivity index (χ2v) is 5.96. The number of nitrogens with one attached hydrogen (secondary N) is 1. The molecule has 2 heterocycles. The fraction of sp³-hybridized carbons (Fsp3) is 0.263. The molecule has 1 aliphatic heterocycles. The summed E-state index contributed by atoms with van der Waals surface area (Å²) in [5, 5.41) is 2.80. The van der Waals surface area contributed by atoms with E-state index >= 15 is 0 Å². The first-order valence-electron chi connectivity index (χ1n) is 8.28. The quantitative estimate of drug-likeness (QED) is 0.799. The molecule has 134 valence electrons. The molecule has 0 saturated heterocycles. The van der Waals surface area contributed by atoms with Crippen LogP contribution in [0.2, 0.25) is 0 Å². The molecular formula is C19H19N3O4. The van der Waals surface area contributed by atoms with Gasteiger partial charge in [-0.2, -0.15) is 0 Å². The monoisotopic (exact) mass is 353 g/mol. The Hall–Kier alpha value is -3.22. The molecule has 26 heavy (non-hydrogen) atoms. The third-order valence-electron chi connectivity index (χ3n) is 4.08. The van der Waals surface area contributed by atoms with E-state index in [1.807, 2.05) is 6.07 Å². The number of ether oxygens (including phenoxy) is 1. The Morgan fingerprint density at radius 3 is 2.88 bits per heavy atom. The summed E-state index contributed by atoms with van der Waals surface area (Å²) in [7, 11) is 0. The molecule has 7 heteroatoms. The lowest BCUT2D eigenvalue weighted by atomic mass is 10.1. The van der Waals surface area contributed by atoms with E-state index < -0.39 is 0 Å². The van der Waals surface area contributed by atoms with Crippen LogP contribution in [0.1, 0.15) is 29.3 Å². The molecule has 0 saturated carbocycles. The van der Waals surface area contributed by atoms with Crippen LogP contribution in [0.3, 0.4) is 0 Å². The molecule has 2 aromatic rings. The second-order valence-electron chi connectivity index (χ2n) is 5.96. The van der Waals surface area contributed by atoms with Crippen molar-refractivity contribution in [2.45, 2.75) is 19.9 Å². The average Bonchev–Trinajstić information content (AvgIpc) is 2.66. The van der Waals surface area contributed by atoms with Gasteiger partial charge in [0, 0.05) is 37.5 Å². The molecule has 0 fully saturated rings. The van der Waals surface area contributed by atoms with Crippen LogP contribution in [0.5, 0.6) is 5.75 Å². The summed E-state index contributed by atoms with van der Waals surface area (Å²) >= 11 is 0. The first-order chi connectivity index (χ1) is 12.5. The average molecular weight is 353 g/mol. The van der Waals surface area contributed by atoms with Crippen molar-refractivity contribution in [3.05, 3.63) is 53.9 Å². The molecule has 0 aliphatic carbocycles. The Balaban J connectivity index is 1.64. The molecule has 0 radical (unpaired) electrons. The smallest absolute Gasteiger partial charge is 0.265 e. The van der Waals surface area contributed by atoms with Gasteiger partial charge in [-0.15, -0.1) is 0 Å². The minimum absolute atomic E-state index is 0.0796. The Morgan fingerprint density at radius 1 is 1.31 bits per heavy atom. The number of benzene rings is 1. The van der Waals surface area contributed by atoms with Crippen LogP contribution in [0.4, 0.5) is 5.69 Å². The topological polar surface area (TPSA) is 88.6 Å². The molecular weight excluding hydrogens is 334 g/mol. The number of hydrogen-bond acceptors (Lipinski definition) is 5. The Morgan fingerprint density at radius 2 is 2.15 bits per heavy atom. The van der Waals surface area contributed by atoms with Crippen molar-refractivity contribution in [3.8, 4) is 5.75 Å². The van der Waals surface area contributed by atoms with Crippen molar-refractivity contribution in [2.75, 3.05) is 18.1 Å². The number of anilines is 1.